The van der Waals surface area contributed by atoms with Crippen LogP contribution in [0.25, 0.3) is 5.82 Å². The summed E-state index contributed by atoms with van der Waals surface area (Å²) in [6.45, 7) is 2.39. The normalized spacial score (nSPS) is 10.6. The Labute approximate surface area is 154 Å². The fourth-order valence-electron chi connectivity index (χ4n) is 2.07. The Balaban J connectivity index is 1.47. The number of hydrogen-bond donors (Lipinski definition) is 1. The number of imidazole rings is 1. The first-order chi connectivity index (χ1) is 12.1. The monoisotopic (exact) mass is 373 g/mol. The van der Waals surface area contributed by atoms with E-state index in [1.54, 1.807) is 23.0 Å². The van der Waals surface area contributed by atoms with Crippen molar-refractivity contribution in [1.82, 2.24) is 25.1 Å². The minimum atomic E-state index is -0.0592. The van der Waals surface area contributed by atoms with E-state index in [4.69, 9.17) is 11.6 Å². The van der Waals surface area contributed by atoms with Crippen LogP contribution in [0.15, 0.2) is 53.9 Å². The van der Waals surface area contributed by atoms with Gasteiger partial charge in [0.1, 0.15) is 11.4 Å². The molecule has 1 aromatic carbocycles. The number of rotatable bonds is 6. The Morgan fingerprint density at radius 2 is 2.00 bits per heavy atom. The van der Waals surface area contributed by atoms with Crippen molar-refractivity contribution < 1.29 is 4.79 Å². The Hall–Kier alpha value is -2.38. The average Bonchev–Trinajstić information content (AvgIpc) is 3.06. The molecule has 128 valence electrons. The lowest BCUT2D eigenvalue weighted by Crippen LogP contribution is -2.24. The molecular weight excluding hydrogens is 358 g/mol. The van der Waals surface area contributed by atoms with Gasteiger partial charge in [0.05, 0.1) is 11.4 Å². The SMILES string of the molecule is Cc1cn(-c2ccc(SCC(=O)NCc3ccc(Cl)cc3)nn2)cn1. The van der Waals surface area contributed by atoms with Gasteiger partial charge in [0.15, 0.2) is 5.82 Å². The first-order valence-electron chi connectivity index (χ1n) is 7.59. The maximum atomic E-state index is 11.9. The summed E-state index contributed by atoms with van der Waals surface area (Å²) in [7, 11) is 0. The van der Waals surface area contributed by atoms with Crippen molar-refractivity contribution in [2.75, 3.05) is 5.75 Å². The molecule has 1 N–H and O–H groups in total. The zero-order chi connectivity index (χ0) is 17.6. The summed E-state index contributed by atoms with van der Waals surface area (Å²) in [5.74, 6) is 0.916. The first-order valence-corrected chi connectivity index (χ1v) is 8.95. The molecule has 0 bridgehead atoms. The molecule has 8 heteroatoms. The van der Waals surface area contributed by atoms with E-state index >= 15 is 0 Å². The van der Waals surface area contributed by atoms with Crippen molar-refractivity contribution in [3.63, 3.8) is 0 Å². The Bertz CT molecular complexity index is 848. The second-order valence-corrected chi connectivity index (χ2v) is 6.78. The van der Waals surface area contributed by atoms with Gasteiger partial charge in [-0.15, -0.1) is 10.2 Å². The number of benzene rings is 1. The van der Waals surface area contributed by atoms with Crippen LogP contribution in [0.1, 0.15) is 11.3 Å². The number of aromatic nitrogens is 4. The Kier molecular flexibility index (Phi) is 5.67. The molecule has 0 spiro atoms. The van der Waals surface area contributed by atoms with Gasteiger partial charge in [-0.2, -0.15) is 0 Å². The van der Waals surface area contributed by atoms with E-state index in [-0.39, 0.29) is 11.7 Å². The summed E-state index contributed by atoms with van der Waals surface area (Å²) in [5.41, 5.74) is 1.92. The number of thioether (sulfide) groups is 1. The van der Waals surface area contributed by atoms with Gasteiger partial charge in [0, 0.05) is 17.8 Å². The summed E-state index contributed by atoms with van der Waals surface area (Å²) >= 11 is 7.18. The molecule has 0 aliphatic carbocycles. The van der Waals surface area contributed by atoms with Crippen LogP contribution >= 0.6 is 23.4 Å². The predicted molar refractivity (Wildman–Crippen MR) is 97.9 cm³/mol. The van der Waals surface area contributed by atoms with Crippen LogP contribution < -0.4 is 5.32 Å². The zero-order valence-corrected chi connectivity index (χ0v) is 15.1. The molecular formula is C17H16ClN5OS. The first kappa shape index (κ1) is 17.4. The molecule has 6 nitrogen and oxygen atoms in total. The van der Waals surface area contributed by atoms with Crippen LogP contribution in [0.4, 0.5) is 0 Å². The van der Waals surface area contributed by atoms with E-state index in [1.165, 1.54) is 11.8 Å². The second-order valence-electron chi connectivity index (χ2n) is 5.34. The highest BCUT2D eigenvalue weighted by atomic mass is 35.5. The molecule has 0 radical (unpaired) electrons. The van der Waals surface area contributed by atoms with Crippen molar-refractivity contribution in [3.05, 3.63) is 65.2 Å². The number of nitrogens with one attached hydrogen (secondary N) is 1. The third-order valence-corrected chi connectivity index (χ3v) is 4.53. The molecule has 1 amide bonds. The predicted octanol–water partition coefficient (Wildman–Crippen LogP) is 3.03. The molecule has 0 fully saturated rings. The highest BCUT2D eigenvalue weighted by Gasteiger charge is 2.06. The van der Waals surface area contributed by atoms with Crippen LogP contribution in [-0.2, 0) is 11.3 Å². The minimum Gasteiger partial charge on any atom is -0.351 e. The van der Waals surface area contributed by atoms with Crippen LogP contribution in [0, 0.1) is 6.92 Å². The number of halogens is 1. The van der Waals surface area contributed by atoms with Gasteiger partial charge >= 0.3 is 0 Å². The van der Waals surface area contributed by atoms with E-state index in [9.17, 15) is 4.79 Å². The van der Waals surface area contributed by atoms with E-state index < -0.39 is 0 Å². The number of hydrogen-bond acceptors (Lipinski definition) is 5. The van der Waals surface area contributed by atoms with Gasteiger partial charge in [0.25, 0.3) is 0 Å². The average molecular weight is 374 g/mol. The quantitative estimate of drug-likeness (QED) is 0.672. The lowest BCUT2D eigenvalue weighted by Gasteiger charge is -2.05. The summed E-state index contributed by atoms with van der Waals surface area (Å²) in [6, 6.07) is 11.1. The topological polar surface area (TPSA) is 72.7 Å². The zero-order valence-electron chi connectivity index (χ0n) is 13.5. The molecule has 2 aromatic heterocycles. The van der Waals surface area contributed by atoms with Crippen molar-refractivity contribution in [2.24, 2.45) is 0 Å². The molecule has 3 rings (SSSR count). The molecule has 0 atom stereocenters. The van der Waals surface area contributed by atoms with Crippen molar-refractivity contribution in [3.8, 4) is 5.82 Å². The highest BCUT2D eigenvalue weighted by Crippen LogP contribution is 2.15. The Morgan fingerprint density at radius 3 is 2.64 bits per heavy atom. The molecule has 0 aliphatic heterocycles. The maximum absolute atomic E-state index is 11.9. The van der Waals surface area contributed by atoms with Gasteiger partial charge in [0.2, 0.25) is 5.91 Å². The largest absolute Gasteiger partial charge is 0.351 e. The number of amides is 1. The number of carbonyl (C=O) groups excluding carboxylic acids is 1. The smallest absolute Gasteiger partial charge is 0.230 e. The van der Waals surface area contributed by atoms with Gasteiger partial charge in [-0.3, -0.25) is 9.36 Å². The van der Waals surface area contributed by atoms with Crippen molar-refractivity contribution >= 4 is 29.3 Å². The summed E-state index contributed by atoms with van der Waals surface area (Å²) in [4.78, 5) is 16.1. The number of aryl methyl sites for hydroxylation is 1. The van der Waals surface area contributed by atoms with E-state index in [2.05, 4.69) is 20.5 Å². The Morgan fingerprint density at radius 1 is 1.20 bits per heavy atom. The summed E-state index contributed by atoms with van der Waals surface area (Å²) < 4.78 is 1.80. The fraction of sp³-hybridized carbons (Fsp3) is 0.176. The molecule has 0 saturated carbocycles. The molecule has 0 aliphatic rings. The van der Waals surface area contributed by atoms with Crippen molar-refractivity contribution in [2.45, 2.75) is 18.5 Å². The number of carbonyl (C=O) groups is 1. The lowest BCUT2D eigenvalue weighted by atomic mass is 10.2. The number of nitrogens with zero attached hydrogens (tertiary/aromatic N) is 4. The minimum absolute atomic E-state index is 0.0592. The van der Waals surface area contributed by atoms with Crippen LogP contribution in [0.3, 0.4) is 0 Å². The van der Waals surface area contributed by atoms with Gasteiger partial charge < -0.3 is 5.32 Å². The summed E-state index contributed by atoms with van der Waals surface area (Å²) in [6.07, 6.45) is 3.57. The van der Waals surface area contributed by atoms with Gasteiger partial charge in [-0.05, 0) is 36.8 Å². The van der Waals surface area contributed by atoms with E-state index in [1.807, 2.05) is 37.4 Å². The maximum Gasteiger partial charge on any atom is 0.230 e. The second kappa shape index (κ2) is 8.13. The third-order valence-electron chi connectivity index (χ3n) is 3.36. The summed E-state index contributed by atoms with van der Waals surface area (Å²) in [5, 5.41) is 12.5. The molecule has 3 aromatic rings. The van der Waals surface area contributed by atoms with E-state index in [0.717, 1.165) is 11.3 Å². The van der Waals surface area contributed by atoms with Gasteiger partial charge in [-0.25, -0.2) is 4.98 Å². The molecule has 2 heterocycles. The molecule has 0 unspecified atom stereocenters. The fourth-order valence-corrected chi connectivity index (χ4v) is 2.84. The highest BCUT2D eigenvalue weighted by molar-refractivity contribution is 7.99. The standard InChI is InChI=1S/C17H16ClN5OS/c1-12-9-23(11-20-12)15-6-7-17(22-21-15)25-10-16(24)19-8-13-2-4-14(18)5-3-13/h2-7,9,11H,8,10H2,1H3,(H,19,24). The molecule has 25 heavy (non-hydrogen) atoms. The van der Waals surface area contributed by atoms with Crippen LogP contribution in [-0.4, -0.2) is 31.4 Å². The van der Waals surface area contributed by atoms with Crippen LogP contribution in [0.5, 0.6) is 0 Å². The van der Waals surface area contributed by atoms with Crippen molar-refractivity contribution in [1.29, 1.82) is 0 Å². The van der Waals surface area contributed by atoms with Crippen LogP contribution in [0.2, 0.25) is 5.02 Å². The lowest BCUT2D eigenvalue weighted by molar-refractivity contribution is -0.118. The van der Waals surface area contributed by atoms with Gasteiger partial charge in [-0.1, -0.05) is 35.5 Å². The third kappa shape index (κ3) is 5.04. The molecule has 0 saturated heterocycles. The van der Waals surface area contributed by atoms with E-state index in [0.29, 0.717) is 22.4 Å².